The van der Waals surface area contributed by atoms with Gasteiger partial charge in [0.2, 0.25) is 0 Å². The van der Waals surface area contributed by atoms with Gasteiger partial charge in [-0.1, -0.05) is 42.5 Å². The SMILES string of the molecule is Cc1ccc(C)c(N=Cc2cccc(OS(=O)(=O)c3ccccc3)c2)c1. The number of benzene rings is 3. The lowest BCUT2D eigenvalue weighted by atomic mass is 10.1. The Morgan fingerprint density at radius 2 is 1.65 bits per heavy atom. The summed E-state index contributed by atoms with van der Waals surface area (Å²) in [6.07, 6.45) is 1.70. The fourth-order valence-electron chi connectivity index (χ4n) is 2.41. The first-order chi connectivity index (χ1) is 12.4. The monoisotopic (exact) mass is 365 g/mol. The van der Waals surface area contributed by atoms with Crippen LogP contribution in [0.5, 0.6) is 5.75 Å². The molecule has 3 rings (SSSR count). The van der Waals surface area contributed by atoms with Crippen molar-refractivity contribution in [3.8, 4) is 5.75 Å². The van der Waals surface area contributed by atoms with Gasteiger partial charge in [0, 0.05) is 6.21 Å². The summed E-state index contributed by atoms with van der Waals surface area (Å²) >= 11 is 0. The van der Waals surface area contributed by atoms with Crippen molar-refractivity contribution in [1.29, 1.82) is 0 Å². The van der Waals surface area contributed by atoms with Gasteiger partial charge in [0.1, 0.15) is 10.6 Å². The summed E-state index contributed by atoms with van der Waals surface area (Å²) in [7, 11) is -3.85. The molecule has 0 saturated carbocycles. The molecule has 0 radical (unpaired) electrons. The summed E-state index contributed by atoms with van der Waals surface area (Å²) in [5.41, 5.74) is 3.85. The predicted molar refractivity (Wildman–Crippen MR) is 104 cm³/mol. The minimum absolute atomic E-state index is 0.120. The van der Waals surface area contributed by atoms with E-state index >= 15 is 0 Å². The summed E-state index contributed by atoms with van der Waals surface area (Å²) in [6.45, 7) is 4.01. The van der Waals surface area contributed by atoms with Gasteiger partial charge in [0.15, 0.2) is 0 Å². The van der Waals surface area contributed by atoms with Crippen molar-refractivity contribution < 1.29 is 12.6 Å². The molecule has 0 aliphatic carbocycles. The van der Waals surface area contributed by atoms with E-state index < -0.39 is 10.1 Å². The normalized spacial score (nSPS) is 11.6. The van der Waals surface area contributed by atoms with Gasteiger partial charge in [0.25, 0.3) is 0 Å². The van der Waals surface area contributed by atoms with E-state index in [1.165, 1.54) is 12.1 Å². The topological polar surface area (TPSA) is 55.7 Å². The highest BCUT2D eigenvalue weighted by Crippen LogP contribution is 2.22. The molecule has 0 atom stereocenters. The molecule has 0 unspecified atom stereocenters. The van der Waals surface area contributed by atoms with Crippen LogP contribution in [0.3, 0.4) is 0 Å². The zero-order valence-electron chi connectivity index (χ0n) is 14.6. The van der Waals surface area contributed by atoms with Crippen LogP contribution in [0, 0.1) is 13.8 Å². The fourth-order valence-corrected chi connectivity index (χ4v) is 3.35. The van der Waals surface area contributed by atoms with Gasteiger partial charge < -0.3 is 4.18 Å². The van der Waals surface area contributed by atoms with E-state index in [9.17, 15) is 8.42 Å². The third-order valence-electron chi connectivity index (χ3n) is 3.81. The highest BCUT2D eigenvalue weighted by molar-refractivity contribution is 7.87. The van der Waals surface area contributed by atoms with Crippen LogP contribution in [0.25, 0.3) is 0 Å². The molecule has 0 fully saturated rings. The van der Waals surface area contributed by atoms with E-state index in [2.05, 4.69) is 4.99 Å². The molecule has 0 heterocycles. The van der Waals surface area contributed by atoms with Crippen LogP contribution in [-0.2, 0) is 10.1 Å². The molecule has 0 aliphatic heterocycles. The Balaban J connectivity index is 1.83. The molecule has 0 aromatic heterocycles. The van der Waals surface area contributed by atoms with Crippen molar-refractivity contribution in [2.75, 3.05) is 0 Å². The zero-order chi connectivity index (χ0) is 18.6. The lowest BCUT2D eigenvalue weighted by Gasteiger charge is -2.07. The van der Waals surface area contributed by atoms with Crippen molar-refractivity contribution >= 4 is 22.0 Å². The molecule has 26 heavy (non-hydrogen) atoms. The molecule has 3 aromatic carbocycles. The van der Waals surface area contributed by atoms with E-state index in [1.54, 1.807) is 42.6 Å². The summed E-state index contributed by atoms with van der Waals surface area (Å²) in [5, 5.41) is 0. The summed E-state index contributed by atoms with van der Waals surface area (Å²) < 4.78 is 29.9. The van der Waals surface area contributed by atoms with Gasteiger partial charge in [0.05, 0.1) is 5.69 Å². The number of nitrogens with zero attached hydrogens (tertiary/aromatic N) is 1. The Kier molecular flexibility index (Phi) is 5.19. The largest absolute Gasteiger partial charge is 0.379 e. The molecule has 0 spiro atoms. The second-order valence-electron chi connectivity index (χ2n) is 5.97. The van der Waals surface area contributed by atoms with E-state index in [0.717, 1.165) is 22.4 Å². The first-order valence-corrected chi connectivity index (χ1v) is 9.56. The minimum Gasteiger partial charge on any atom is -0.379 e. The highest BCUT2D eigenvalue weighted by atomic mass is 32.2. The van der Waals surface area contributed by atoms with Crippen LogP contribution in [0.2, 0.25) is 0 Å². The van der Waals surface area contributed by atoms with Gasteiger partial charge in [-0.05, 0) is 60.9 Å². The van der Waals surface area contributed by atoms with Crippen LogP contribution in [0.15, 0.2) is 82.7 Å². The molecule has 4 nitrogen and oxygen atoms in total. The Bertz CT molecular complexity index is 1040. The van der Waals surface area contributed by atoms with Gasteiger partial charge in [-0.3, -0.25) is 4.99 Å². The molecule has 132 valence electrons. The maximum Gasteiger partial charge on any atom is 0.339 e. The standard InChI is InChI=1S/C21H19NO3S/c1-16-11-12-17(2)21(13-16)22-15-18-7-6-8-19(14-18)25-26(23,24)20-9-4-3-5-10-20/h3-15H,1-2H3. The molecular formula is C21H19NO3S. The lowest BCUT2D eigenvalue weighted by molar-refractivity contribution is 0.486. The third-order valence-corrected chi connectivity index (χ3v) is 5.07. The van der Waals surface area contributed by atoms with Crippen LogP contribution in [-0.4, -0.2) is 14.6 Å². The molecule has 0 N–H and O–H groups in total. The molecule has 0 bridgehead atoms. The van der Waals surface area contributed by atoms with Gasteiger partial charge in [-0.25, -0.2) is 0 Å². The summed E-state index contributed by atoms with van der Waals surface area (Å²) in [4.78, 5) is 4.62. The predicted octanol–water partition coefficient (Wildman–Crippen LogP) is 4.82. The molecule has 0 aliphatic rings. The Labute approximate surface area is 153 Å². The quantitative estimate of drug-likeness (QED) is 0.481. The van der Waals surface area contributed by atoms with Crippen LogP contribution >= 0.6 is 0 Å². The van der Waals surface area contributed by atoms with Crippen molar-refractivity contribution in [2.24, 2.45) is 4.99 Å². The maximum absolute atomic E-state index is 12.3. The van der Waals surface area contributed by atoms with Gasteiger partial charge in [-0.2, -0.15) is 8.42 Å². The van der Waals surface area contributed by atoms with E-state index in [1.807, 2.05) is 38.1 Å². The maximum atomic E-state index is 12.3. The average Bonchev–Trinajstić information content (AvgIpc) is 2.63. The number of aliphatic imine (C=N–C) groups is 1. The average molecular weight is 365 g/mol. The van der Waals surface area contributed by atoms with Crippen molar-refractivity contribution in [3.63, 3.8) is 0 Å². The molecule has 0 saturated heterocycles. The smallest absolute Gasteiger partial charge is 0.339 e. The van der Waals surface area contributed by atoms with E-state index in [4.69, 9.17) is 4.18 Å². The zero-order valence-corrected chi connectivity index (χ0v) is 15.4. The Morgan fingerprint density at radius 3 is 2.42 bits per heavy atom. The van der Waals surface area contributed by atoms with E-state index in [-0.39, 0.29) is 10.6 Å². The summed E-state index contributed by atoms with van der Waals surface area (Å²) in [6, 6.07) is 21.0. The van der Waals surface area contributed by atoms with Crippen LogP contribution in [0.1, 0.15) is 16.7 Å². The fraction of sp³-hybridized carbons (Fsp3) is 0.0952. The lowest BCUT2D eigenvalue weighted by Crippen LogP contribution is -2.09. The second kappa shape index (κ2) is 7.54. The molecule has 3 aromatic rings. The molecule has 0 amide bonds. The third kappa shape index (κ3) is 4.37. The number of hydrogen-bond donors (Lipinski definition) is 0. The van der Waals surface area contributed by atoms with Crippen LogP contribution < -0.4 is 4.18 Å². The Hall–Kier alpha value is -2.92. The number of hydrogen-bond acceptors (Lipinski definition) is 4. The number of rotatable bonds is 5. The van der Waals surface area contributed by atoms with Gasteiger partial charge in [-0.15, -0.1) is 0 Å². The molecular weight excluding hydrogens is 346 g/mol. The first-order valence-electron chi connectivity index (χ1n) is 8.15. The van der Waals surface area contributed by atoms with Gasteiger partial charge >= 0.3 is 10.1 Å². The van der Waals surface area contributed by atoms with Crippen molar-refractivity contribution in [3.05, 3.63) is 89.5 Å². The van der Waals surface area contributed by atoms with Crippen molar-refractivity contribution in [1.82, 2.24) is 0 Å². The highest BCUT2D eigenvalue weighted by Gasteiger charge is 2.15. The van der Waals surface area contributed by atoms with Crippen molar-refractivity contribution in [2.45, 2.75) is 18.7 Å². The second-order valence-corrected chi connectivity index (χ2v) is 7.52. The number of aryl methyl sites for hydroxylation is 2. The molecule has 5 heteroatoms. The minimum atomic E-state index is -3.85. The summed E-state index contributed by atoms with van der Waals surface area (Å²) in [5.74, 6) is 0.249. The van der Waals surface area contributed by atoms with E-state index in [0.29, 0.717) is 0 Å². The first kappa shape index (κ1) is 17.9. The Morgan fingerprint density at radius 1 is 0.885 bits per heavy atom. The van der Waals surface area contributed by atoms with Crippen LogP contribution in [0.4, 0.5) is 5.69 Å².